The number of hydrogen-bond acceptors (Lipinski definition) is 5. The summed E-state index contributed by atoms with van der Waals surface area (Å²) in [6.45, 7) is 0.0782. The zero-order chi connectivity index (χ0) is 14.1. The van der Waals surface area contributed by atoms with Gasteiger partial charge in [0.15, 0.2) is 0 Å². The number of hydrogen-bond donors (Lipinski definition) is 2. The van der Waals surface area contributed by atoms with E-state index in [1.165, 1.54) is 0 Å². The van der Waals surface area contributed by atoms with Crippen molar-refractivity contribution in [2.45, 2.75) is 31.9 Å². The zero-order valence-corrected chi connectivity index (χ0v) is 10.6. The van der Waals surface area contributed by atoms with Gasteiger partial charge in [-0.3, -0.25) is 4.79 Å². The molecule has 0 saturated heterocycles. The topological polar surface area (TPSA) is 75.1 Å². The Kier molecular flexibility index (Phi) is 3.66. The lowest BCUT2D eigenvalue weighted by Crippen LogP contribution is -2.35. The summed E-state index contributed by atoms with van der Waals surface area (Å²) < 4.78 is 37.0. The van der Waals surface area contributed by atoms with Gasteiger partial charge < -0.3 is 10.4 Å². The number of nitrogens with one attached hydrogen (secondary N) is 1. The average Bonchev–Trinajstić information content (AvgIpc) is 2.96. The van der Waals surface area contributed by atoms with Gasteiger partial charge in [0.05, 0.1) is 5.41 Å². The molecular weight excluding hydrogens is 283 g/mol. The number of carboxylic acids is 1. The van der Waals surface area contributed by atoms with Gasteiger partial charge >= 0.3 is 12.1 Å². The van der Waals surface area contributed by atoms with Gasteiger partial charge in [-0.05, 0) is 12.8 Å². The molecule has 0 spiro atoms. The minimum Gasteiger partial charge on any atom is -0.481 e. The van der Waals surface area contributed by atoms with Crippen LogP contribution in [0.1, 0.15) is 30.7 Å². The maximum Gasteiger partial charge on any atom is 0.445 e. The largest absolute Gasteiger partial charge is 0.481 e. The second kappa shape index (κ2) is 4.95. The van der Waals surface area contributed by atoms with Crippen molar-refractivity contribution >= 4 is 22.4 Å². The lowest BCUT2D eigenvalue weighted by atomic mass is 9.86. The van der Waals surface area contributed by atoms with E-state index >= 15 is 0 Å². The molecule has 0 unspecified atom stereocenters. The molecule has 2 rings (SSSR count). The van der Waals surface area contributed by atoms with Gasteiger partial charge in [-0.25, -0.2) is 0 Å². The van der Waals surface area contributed by atoms with Gasteiger partial charge in [-0.2, -0.15) is 13.2 Å². The second-order valence-electron chi connectivity index (χ2n) is 4.56. The Labute approximate surface area is 110 Å². The Morgan fingerprint density at radius 1 is 1.37 bits per heavy atom. The van der Waals surface area contributed by atoms with Crippen molar-refractivity contribution in [1.82, 2.24) is 10.2 Å². The molecule has 0 atom stereocenters. The van der Waals surface area contributed by atoms with Crippen LogP contribution in [0.5, 0.6) is 0 Å². The van der Waals surface area contributed by atoms with Crippen LogP contribution in [0.4, 0.5) is 18.3 Å². The molecule has 5 nitrogen and oxygen atoms in total. The Balaban J connectivity index is 2.02. The summed E-state index contributed by atoms with van der Waals surface area (Å²) in [5.41, 5.74) is -0.899. The second-order valence-corrected chi connectivity index (χ2v) is 5.53. The Bertz CT molecular complexity index is 469. The molecule has 0 aromatic carbocycles. The molecule has 0 amide bonds. The van der Waals surface area contributed by atoms with Crippen molar-refractivity contribution in [3.05, 3.63) is 5.01 Å². The van der Waals surface area contributed by atoms with Gasteiger partial charge in [0.2, 0.25) is 10.1 Å². The molecule has 1 aliphatic carbocycles. The zero-order valence-electron chi connectivity index (χ0n) is 9.83. The lowest BCUT2D eigenvalue weighted by molar-refractivity contribution is -0.147. The molecule has 1 aromatic rings. The van der Waals surface area contributed by atoms with Crippen LogP contribution in [-0.4, -0.2) is 27.8 Å². The SMILES string of the molecule is O=C(O)C1(CNc2nnc(C(F)(F)F)s2)CCCC1. The summed E-state index contributed by atoms with van der Waals surface area (Å²) in [6, 6.07) is 0. The van der Waals surface area contributed by atoms with Crippen LogP contribution in [0.25, 0.3) is 0 Å². The first-order valence-corrected chi connectivity index (χ1v) is 6.53. The van der Waals surface area contributed by atoms with E-state index in [4.69, 9.17) is 0 Å². The first-order valence-electron chi connectivity index (χ1n) is 5.71. The van der Waals surface area contributed by atoms with E-state index in [0.717, 1.165) is 12.8 Å². The summed E-state index contributed by atoms with van der Waals surface area (Å²) >= 11 is 0.382. The number of rotatable bonds is 4. The quantitative estimate of drug-likeness (QED) is 0.893. The van der Waals surface area contributed by atoms with Crippen LogP contribution >= 0.6 is 11.3 Å². The highest BCUT2D eigenvalue weighted by molar-refractivity contribution is 7.15. The molecule has 1 fully saturated rings. The minimum atomic E-state index is -4.52. The number of anilines is 1. The molecule has 0 bridgehead atoms. The highest BCUT2D eigenvalue weighted by Gasteiger charge is 2.41. The highest BCUT2D eigenvalue weighted by atomic mass is 32.1. The number of aromatic nitrogens is 2. The van der Waals surface area contributed by atoms with Gasteiger partial charge in [0.25, 0.3) is 0 Å². The van der Waals surface area contributed by atoms with Crippen molar-refractivity contribution < 1.29 is 23.1 Å². The van der Waals surface area contributed by atoms with Crippen LogP contribution in [0, 0.1) is 5.41 Å². The van der Waals surface area contributed by atoms with E-state index in [-0.39, 0.29) is 11.7 Å². The Hall–Kier alpha value is -1.38. The number of halogens is 3. The molecule has 2 N–H and O–H groups in total. The summed E-state index contributed by atoms with van der Waals surface area (Å²) in [7, 11) is 0. The Morgan fingerprint density at radius 3 is 2.47 bits per heavy atom. The fourth-order valence-corrected chi connectivity index (χ4v) is 2.78. The summed E-state index contributed by atoms with van der Waals surface area (Å²) in [6.07, 6.45) is -1.83. The van der Waals surface area contributed by atoms with Gasteiger partial charge in [-0.15, -0.1) is 10.2 Å². The highest BCUT2D eigenvalue weighted by Crippen LogP contribution is 2.39. The van der Waals surface area contributed by atoms with Crippen LogP contribution in [0.15, 0.2) is 0 Å². The van der Waals surface area contributed by atoms with Crippen LogP contribution in [0.2, 0.25) is 0 Å². The smallest absolute Gasteiger partial charge is 0.445 e. The average molecular weight is 295 g/mol. The van der Waals surface area contributed by atoms with E-state index in [2.05, 4.69) is 15.5 Å². The van der Waals surface area contributed by atoms with Gasteiger partial charge in [0.1, 0.15) is 0 Å². The third-order valence-corrected chi connectivity index (χ3v) is 4.19. The minimum absolute atomic E-state index is 0.000139. The van der Waals surface area contributed by atoms with Crippen molar-refractivity contribution in [1.29, 1.82) is 0 Å². The molecule has 1 heterocycles. The van der Waals surface area contributed by atoms with Crippen molar-refractivity contribution in [2.75, 3.05) is 11.9 Å². The van der Waals surface area contributed by atoms with Crippen LogP contribution < -0.4 is 5.32 Å². The fraction of sp³-hybridized carbons (Fsp3) is 0.700. The van der Waals surface area contributed by atoms with E-state index in [1.807, 2.05) is 0 Å². The van der Waals surface area contributed by atoms with Gasteiger partial charge in [0, 0.05) is 6.54 Å². The number of aliphatic carboxylic acids is 1. The van der Waals surface area contributed by atoms with Crippen LogP contribution in [-0.2, 0) is 11.0 Å². The lowest BCUT2D eigenvalue weighted by Gasteiger charge is -2.23. The Morgan fingerprint density at radius 2 is 2.00 bits per heavy atom. The predicted molar refractivity (Wildman–Crippen MR) is 61.9 cm³/mol. The van der Waals surface area contributed by atoms with Gasteiger partial charge in [-0.1, -0.05) is 24.2 Å². The van der Waals surface area contributed by atoms with Crippen molar-refractivity contribution in [2.24, 2.45) is 5.41 Å². The molecule has 19 heavy (non-hydrogen) atoms. The molecule has 0 radical (unpaired) electrons. The monoisotopic (exact) mass is 295 g/mol. The van der Waals surface area contributed by atoms with E-state index in [0.29, 0.717) is 24.2 Å². The molecule has 0 aliphatic heterocycles. The third-order valence-electron chi connectivity index (χ3n) is 3.26. The molecule has 1 aliphatic rings. The summed E-state index contributed by atoms with van der Waals surface area (Å²) in [5.74, 6) is -0.918. The molecule has 1 saturated carbocycles. The fourth-order valence-electron chi connectivity index (χ4n) is 2.17. The molecule has 106 valence electrons. The normalized spacial score (nSPS) is 18.5. The first-order chi connectivity index (χ1) is 8.83. The maximum atomic E-state index is 12.3. The number of nitrogens with zero attached hydrogens (tertiary/aromatic N) is 2. The third kappa shape index (κ3) is 2.96. The standard InChI is InChI=1S/C10H12F3N3O2S/c11-10(12,13)6-15-16-8(19-6)14-5-9(7(17)18)3-1-2-4-9/h1-5H2,(H,14,16)(H,17,18). The van der Waals surface area contributed by atoms with E-state index in [9.17, 15) is 23.1 Å². The predicted octanol–water partition coefficient (Wildman–Crippen LogP) is 2.61. The van der Waals surface area contributed by atoms with E-state index in [1.54, 1.807) is 0 Å². The number of alkyl halides is 3. The summed E-state index contributed by atoms with van der Waals surface area (Å²) in [4.78, 5) is 11.3. The number of carboxylic acid groups (broad SMARTS) is 1. The van der Waals surface area contributed by atoms with Crippen molar-refractivity contribution in [3.63, 3.8) is 0 Å². The van der Waals surface area contributed by atoms with Crippen LogP contribution in [0.3, 0.4) is 0 Å². The summed E-state index contributed by atoms with van der Waals surface area (Å²) in [5, 5.41) is 17.3. The maximum absolute atomic E-state index is 12.3. The first kappa shape index (κ1) is 14.0. The molecule has 9 heteroatoms. The number of carbonyl (C=O) groups is 1. The molecular formula is C10H12F3N3O2S. The molecule has 1 aromatic heterocycles. The van der Waals surface area contributed by atoms with Crippen molar-refractivity contribution in [3.8, 4) is 0 Å². The van der Waals surface area contributed by atoms with E-state index < -0.39 is 22.6 Å².